The first-order valence-electron chi connectivity index (χ1n) is 8.80. The minimum absolute atomic E-state index is 0. The summed E-state index contributed by atoms with van der Waals surface area (Å²) in [4.78, 5) is 22.2. The number of aromatic nitrogens is 2. The van der Waals surface area contributed by atoms with Crippen LogP contribution in [-0.4, -0.2) is 45.1 Å². The van der Waals surface area contributed by atoms with Crippen LogP contribution in [-0.2, 0) is 11.3 Å². The average molecular weight is 497 g/mol. The van der Waals surface area contributed by atoms with Crippen molar-refractivity contribution in [2.75, 3.05) is 18.4 Å². The minimum atomic E-state index is -0.606. The van der Waals surface area contributed by atoms with Crippen molar-refractivity contribution in [3.63, 3.8) is 0 Å². The standard InChI is InChI=1S/C19H22ClN5O2.3ClH/c20-17-11-14(4-5-18(26)24-27)12-22-19(17)23-15-6-9-25(10-7-15)13-16-3-1-2-8-21-16;;;/h1-5,8,11-12,15,27H,6-7,9-10,13H2,(H,22,23)(H,24,26);3*1H/b5-4+;;;. The molecular weight excluding hydrogens is 472 g/mol. The second-order valence-corrected chi connectivity index (χ2v) is 6.83. The van der Waals surface area contributed by atoms with Gasteiger partial charge in [0, 0.05) is 44.1 Å². The highest BCUT2D eigenvalue weighted by Crippen LogP contribution is 2.24. The predicted octanol–water partition coefficient (Wildman–Crippen LogP) is 3.99. The van der Waals surface area contributed by atoms with Crippen LogP contribution >= 0.6 is 48.8 Å². The van der Waals surface area contributed by atoms with Gasteiger partial charge in [0.05, 0.1) is 10.7 Å². The van der Waals surface area contributed by atoms with Crippen LogP contribution in [0.5, 0.6) is 0 Å². The molecule has 3 rings (SSSR count). The molecule has 0 atom stereocenters. The van der Waals surface area contributed by atoms with Gasteiger partial charge in [-0.05, 0) is 42.7 Å². The van der Waals surface area contributed by atoms with Crippen LogP contribution in [0.1, 0.15) is 24.1 Å². The van der Waals surface area contributed by atoms with Gasteiger partial charge < -0.3 is 5.32 Å². The Morgan fingerprint density at radius 1 is 1.23 bits per heavy atom. The molecule has 166 valence electrons. The summed E-state index contributed by atoms with van der Waals surface area (Å²) in [5.41, 5.74) is 3.30. The first-order valence-corrected chi connectivity index (χ1v) is 9.18. The topological polar surface area (TPSA) is 90.4 Å². The maximum atomic E-state index is 11.0. The first kappa shape index (κ1) is 28.4. The SMILES string of the molecule is Cl.Cl.Cl.O=C(/C=C/c1cnc(NC2CCN(Cc3ccccn3)CC2)c(Cl)c1)NO. The molecule has 0 saturated carbocycles. The Labute approximate surface area is 199 Å². The number of pyridine rings is 2. The third kappa shape index (κ3) is 8.63. The second kappa shape index (κ2) is 14.4. The van der Waals surface area contributed by atoms with Gasteiger partial charge >= 0.3 is 0 Å². The molecule has 1 amide bonds. The van der Waals surface area contributed by atoms with Crippen LogP contribution in [0, 0.1) is 0 Å². The van der Waals surface area contributed by atoms with Crippen molar-refractivity contribution in [2.45, 2.75) is 25.4 Å². The van der Waals surface area contributed by atoms with E-state index in [-0.39, 0.29) is 37.2 Å². The summed E-state index contributed by atoms with van der Waals surface area (Å²) in [6.45, 7) is 2.85. The third-order valence-corrected chi connectivity index (χ3v) is 4.73. The summed E-state index contributed by atoms with van der Waals surface area (Å²) in [5.74, 6) is 0.0365. The van der Waals surface area contributed by atoms with Crippen molar-refractivity contribution in [2.24, 2.45) is 0 Å². The largest absolute Gasteiger partial charge is 0.366 e. The van der Waals surface area contributed by atoms with Crippen molar-refractivity contribution in [3.05, 3.63) is 59.0 Å². The number of anilines is 1. The lowest BCUT2D eigenvalue weighted by atomic mass is 10.0. The highest BCUT2D eigenvalue weighted by atomic mass is 35.5. The third-order valence-electron chi connectivity index (χ3n) is 4.44. The maximum Gasteiger partial charge on any atom is 0.267 e. The Kier molecular flexibility index (Phi) is 13.6. The van der Waals surface area contributed by atoms with Crippen LogP contribution < -0.4 is 10.8 Å². The molecular formula is C19H25Cl4N5O2. The molecule has 2 aromatic heterocycles. The molecule has 0 spiro atoms. The van der Waals surface area contributed by atoms with E-state index in [1.807, 2.05) is 24.4 Å². The molecule has 0 radical (unpaired) electrons. The average Bonchev–Trinajstić information content (AvgIpc) is 2.70. The van der Waals surface area contributed by atoms with Gasteiger partial charge in [-0.25, -0.2) is 10.5 Å². The molecule has 1 fully saturated rings. The zero-order valence-corrected chi connectivity index (χ0v) is 19.2. The number of halogens is 4. The summed E-state index contributed by atoms with van der Waals surface area (Å²) >= 11 is 6.31. The van der Waals surface area contributed by atoms with Crippen LogP contribution in [0.2, 0.25) is 5.02 Å². The number of hydrogen-bond donors (Lipinski definition) is 3. The predicted molar refractivity (Wildman–Crippen MR) is 126 cm³/mol. The number of carbonyl (C=O) groups excluding carboxylic acids is 1. The van der Waals surface area contributed by atoms with Crippen LogP contribution in [0.15, 0.2) is 42.7 Å². The lowest BCUT2D eigenvalue weighted by Gasteiger charge is -2.32. The molecule has 0 bridgehead atoms. The molecule has 0 unspecified atom stereocenters. The van der Waals surface area contributed by atoms with Gasteiger partial charge in [-0.3, -0.25) is 19.9 Å². The second-order valence-electron chi connectivity index (χ2n) is 6.42. The highest BCUT2D eigenvalue weighted by Gasteiger charge is 2.20. The Morgan fingerprint density at radius 2 is 1.97 bits per heavy atom. The fourth-order valence-electron chi connectivity index (χ4n) is 3.01. The van der Waals surface area contributed by atoms with Crippen molar-refractivity contribution in [3.8, 4) is 0 Å². The van der Waals surface area contributed by atoms with Crippen LogP contribution in [0.3, 0.4) is 0 Å². The zero-order valence-electron chi connectivity index (χ0n) is 16.0. The summed E-state index contributed by atoms with van der Waals surface area (Å²) < 4.78 is 0. The Balaban J connectivity index is 0.00000280. The van der Waals surface area contributed by atoms with Gasteiger partial charge in [0.25, 0.3) is 5.91 Å². The van der Waals surface area contributed by atoms with Crippen LogP contribution in [0.25, 0.3) is 6.08 Å². The fourth-order valence-corrected chi connectivity index (χ4v) is 3.24. The number of nitrogens with one attached hydrogen (secondary N) is 2. The first-order chi connectivity index (χ1) is 13.1. The molecule has 7 nitrogen and oxygen atoms in total. The quantitative estimate of drug-likeness (QED) is 0.318. The number of carbonyl (C=O) groups is 1. The molecule has 2 aromatic rings. The smallest absolute Gasteiger partial charge is 0.267 e. The number of rotatable bonds is 6. The summed E-state index contributed by atoms with van der Waals surface area (Å²) in [6, 6.07) is 8.04. The molecule has 1 aliphatic heterocycles. The molecule has 3 heterocycles. The van der Waals surface area contributed by atoms with E-state index in [1.165, 1.54) is 17.6 Å². The van der Waals surface area contributed by atoms with Crippen molar-refractivity contribution < 1.29 is 10.0 Å². The molecule has 0 aliphatic carbocycles. The van der Waals surface area contributed by atoms with Crippen molar-refractivity contribution >= 4 is 66.6 Å². The van der Waals surface area contributed by atoms with E-state index in [2.05, 4.69) is 20.2 Å². The number of amides is 1. The molecule has 30 heavy (non-hydrogen) atoms. The van der Waals surface area contributed by atoms with E-state index < -0.39 is 5.91 Å². The molecule has 11 heteroatoms. The number of nitrogens with zero attached hydrogens (tertiary/aromatic N) is 3. The Morgan fingerprint density at radius 3 is 2.57 bits per heavy atom. The molecule has 0 aromatic carbocycles. The monoisotopic (exact) mass is 495 g/mol. The van der Waals surface area contributed by atoms with Crippen molar-refractivity contribution in [1.82, 2.24) is 20.3 Å². The molecule has 1 aliphatic rings. The van der Waals surface area contributed by atoms with E-state index in [9.17, 15) is 4.79 Å². The fraction of sp³-hybridized carbons (Fsp3) is 0.316. The van der Waals surface area contributed by atoms with Crippen LogP contribution in [0.4, 0.5) is 5.82 Å². The van der Waals surface area contributed by atoms with Gasteiger partial charge in [-0.15, -0.1) is 37.2 Å². The van der Waals surface area contributed by atoms with Crippen molar-refractivity contribution in [1.29, 1.82) is 0 Å². The van der Waals surface area contributed by atoms with Gasteiger partial charge in [-0.1, -0.05) is 17.7 Å². The van der Waals surface area contributed by atoms with Gasteiger partial charge in [0.1, 0.15) is 5.82 Å². The number of hydrogen-bond acceptors (Lipinski definition) is 6. The summed E-state index contributed by atoms with van der Waals surface area (Å²) in [5, 5.41) is 12.4. The lowest BCUT2D eigenvalue weighted by Crippen LogP contribution is -2.39. The van der Waals surface area contributed by atoms with E-state index in [0.717, 1.165) is 38.2 Å². The van der Waals surface area contributed by atoms with E-state index >= 15 is 0 Å². The summed E-state index contributed by atoms with van der Waals surface area (Å²) in [6.07, 6.45) is 8.20. The number of likely N-dealkylation sites (tertiary alicyclic amines) is 1. The lowest BCUT2D eigenvalue weighted by molar-refractivity contribution is -0.124. The number of piperidine rings is 1. The van der Waals surface area contributed by atoms with E-state index in [0.29, 0.717) is 22.4 Å². The van der Waals surface area contributed by atoms with Gasteiger partial charge in [0.15, 0.2) is 0 Å². The Hall–Kier alpha value is -1.61. The molecule has 1 saturated heterocycles. The highest BCUT2D eigenvalue weighted by molar-refractivity contribution is 6.33. The minimum Gasteiger partial charge on any atom is -0.366 e. The Bertz CT molecular complexity index is 803. The zero-order chi connectivity index (χ0) is 19.1. The normalized spacial score (nSPS) is 14.2. The maximum absolute atomic E-state index is 11.0. The summed E-state index contributed by atoms with van der Waals surface area (Å²) in [7, 11) is 0. The number of hydroxylamine groups is 1. The van der Waals surface area contributed by atoms with Gasteiger partial charge in [-0.2, -0.15) is 0 Å². The van der Waals surface area contributed by atoms with E-state index in [1.54, 1.807) is 12.3 Å². The van der Waals surface area contributed by atoms with E-state index in [4.69, 9.17) is 16.8 Å². The van der Waals surface area contributed by atoms with Gasteiger partial charge in [0.2, 0.25) is 0 Å². The molecule has 3 N–H and O–H groups in total.